The Labute approximate surface area is 171 Å². The number of hydrogen-bond acceptors (Lipinski definition) is 5. The molecule has 0 aromatic heterocycles. The van der Waals surface area contributed by atoms with E-state index in [9.17, 15) is 4.79 Å². The van der Waals surface area contributed by atoms with Crippen molar-refractivity contribution in [1.82, 2.24) is 4.90 Å². The van der Waals surface area contributed by atoms with E-state index >= 15 is 0 Å². The molecule has 0 atom stereocenters. The summed E-state index contributed by atoms with van der Waals surface area (Å²) in [6.07, 6.45) is -0.468. The molecule has 150 valence electrons. The number of halogens is 1. The van der Waals surface area contributed by atoms with Crippen LogP contribution >= 0.6 is 11.6 Å². The molecule has 1 heterocycles. The number of ether oxygens (including phenoxy) is 2. The van der Waals surface area contributed by atoms with E-state index in [4.69, 9.17) is 21.1 Å². The Kier molecular flexibility index (Phi) is 7.39. The second-order valence-corrected chi connectivity index (χ2v) is 6.94. The molecule has 2 aromatic carbocycles. The van der Waals surface area contributed by atoms with Crippen LogP contribution in [0.3, 0.4) is 0 Å². The van der Waals surface area contributed by atoms with Crippen LogP contribution in [0, 0.1) is 0 Å². The number of nitrogens with zero attached hydrogens (tertiary/aromatic N) is 2. The van der Waals surface area contributed by atoms with Crippen LogP contribution in [0.15, 0.2) is 48.5 Å². The normalized spacial score (nSPS) is 14.6. The lowest BCUT2D eigenvalue weighted by Crippen LogP contribution is -2.47. The standard InChI is InChI=1S/C21H26ClN3O3/c1-2-27-20-9-4-3-8-19(20)23-21(26)28-15-14-24-10-12-25(13-11-24)18-7-5-6-17(22)16-18/h3-9,16H,2,10-15H2,1H3,(H,23,26). The smallest absolute Gasteiger partial charge is 0.411 e. The van der Waals surface area contributed by atoms with Gasteiger partial charge in [-0.15, -0.1) is 0 Å². The molecule has 7 heteroatoms. The van der Waals surface area contributed by atoms with Gasteiger partial charge in [-0.25, -0.2) is 4.79 Å². The molecule has 1 fully saturated rings. The number of piperazine rings is 1. The predicted octanol–water partition coefficient (Wildman–Crippen LogP) is 4.11. The van der Waals surface area contributed by atoms with Crippen LogP contribution in [0.2, 0.25) is 5.02 Å². The van der Waals surface area contributed by atoms with Crippen molar-refractivity contribution in [2.75, 3.05) is 56.2 Å². The van der Waals surface area contributed by atoms with Crippen molar-refractivity contribution >= 4 is 29.1 Å². The number of carbonyl (C=O) groups is 1. The minimum absolute atomic E-state index is 0.347. The van der Waals surface area contributed by atoms with Gasteiger partial charge in [-0.3, -0.25) is 10.2 Å². The monoisotopic (exact) mass is 403 g/mol. The highest BCUT2D eigenvalue weighted by Gasteiger charge is 2.17. The zero-order valence-corrected chi connectivity index (χ0v) is 16.8. The number of rotatable bonds is 7. The number of anilines is 2. The Morgan fingerprint density at radius 2 is 1.89 bits per heavy atom. The van der Waals surface area contributed by atoms with Gasteiger partial charge in [0.2, 0.25) is 0 Å². The molecule has 0 spiro atoms. The van der Waals surface area contributed by atoms with Crippen LogP contribution in [-0.4, -0.2) is 56.9 Å². The maximum atomic E-state index is 12.1. The quantitative estimate of drug-likeness (QED) is 0.754. The highest BCUT2D eigenvalue weighted by atomic mass is 35.5. The van der Waals surface area contributed by atoms with Gasteiger partial charge in [0.1, 0.15) is 12.4 Å². The fourth-order valence-corrected chi connectivity index (χ4v) is 3.35. The Hall–Kier alpha value is -2.44. The summed E-state index contributed by atoms with van der Waals surface area (Å²) in [5.41, 5.74) is 1.76. The van der Waals surface area contributed by atoms with Gasteiger partial charge in [0.05, 0.1) is 12.3 Å². The van der Waals surface area contributed by atoms with E-state index < -0.39 is 6.09 Å². The van der Waals surface area contributed by atoms with Crippen LogP contribution < -0.4 is 15.0 Å². The average Bonchev–Trinajstić information content (AvgIpc) is 2.70. The van der Waals surface area contributed by atoms with Crippen molar-refractivity contribution in [3.05, 3.63) is 53.6 Å². The maximum absolute atomic E-state index is 12.1. The fraction of sp³-hybridized carbons (Fsp3) is 0.381. The van der Waals surface area contributed by atoms with Gasteiger partial charge in [0.15, 0.2) is 0 Å². The number of amides is 1. The van der Waals surface area contributed by atoms with Gasteiger partial charge in [-0.2, -0.15) is 0 Å². The highest BCUT2D eigenvalue weighted by molar-refractivity contribution is 6.30. The average molecular weight is 404 g/mol. The summed E-state index contributed by atoms with van der Waals surface area (Å²) in [6.45, 7) is 7.19. The Morgan fingerprint density at radius 3 is 2.64 bits per heavy atom. The molecular formula is C21H26ClN3O3. The summed E-state index contributed by atoms with van der Waals surface area (Å²) >= 11 is 6.08. The zero-order valence-electron chi connectivity index (χ0n) is 16.1. The van der Waals surface area contributed by atoms with E-state index in [2.05, 4.69) is 21.2 Å². The van der Waals surface area contributed by atoms with Crippen molar-refractivity contribution in [3.8, 4) is 5.75 Å². The third-order valence-corrected chi connectivity index (χ3v) is 4.85. The Balaban J connectivity index is 1.38. The van der Waals surface area contributed by atoms with Crippen molar-refractivity contribution in [2.24, 2.45) is 0 Å². The van der Waals surface area contributed by atoms with E-state index in [0.29, 0.717) is 31.2 Å². The minimum Gasteiger partial charge on any atom is -0.492 e. The highest BCUT2D eigenvalue weighted by Crippen LogP contribution is 2.24. The number of nitrogens with one attached hydrogen (secondary N) is 1. The Bertz CT molecular complexity index is 779. The third kappa shape index (κ3) is 5.78. The van der Waals surface area contributed by atoms with Crippen LogP contribution in [0.1, 0.15) is 6.92 Å². The van der Waals surface area contributed by atoms with Gasteiger partial charge in [-0.05, 0) is 37.3 Å². The molecule has 1 amide bonds. The molecule has 1 aliphatic rings. The van der Waals surface area contributed by atoms with Crippen LogP contribution in [-0.2, 0) is 4.74 Å². The van der Waals surface area contributed by atoms with E-state index in [1.165, 1.54) is 0 Å². The summed E-state index contributed by atoms with van der Waals surface area (Å²) in [4.78, 5) is 16.7. The first-order valence-electron chi connectivity index (χ1n) is 9.54. The van der Waals surface area contributed by atoms with Crippen LogP contribution in [0.5, 0.6) is 5.75 Å². The summed E-state index contributed by atoms with van der Waals surface area (Å²) in [5.74, 6) is 0.638. The van der Waals surface area contributed by atoms with Gasteiger partial charge in [0, 0.05) is 43.4 Å². The molecule has 6 nitrogen and oxygen atoms in total. The maximum Gasteiger partial charge on any atom is 0.411 e. The SMILES string of the molecule is CCOc1ccccc1NC(=O)OCCN1CCN(c2cccc(Cl)c2)CC1. The van der Waals surface area contributed by atoms with Gasteiger partial charge < -0.3 is 14.4 Å². The Morgan fingerprint density at radius 1 is 1.11 bits per heavy atom. The van der Waals surface area contributed by atoms with E-state index in [1.807, 2.05) is 43.3 Å². The lowest BCUT2D eigenvalue weighted by Gasteiger charge is -2.36. The summed E-state index contributed by atoms with van der Waals surface area (Å²) in [7, 11) is 0. The zero-order chi connectivity index (χ0) is 19.8. The van der Waals surface area contributed by atoms with Crippen molar-refractivity contribution < 1.29 is 14.3 Å². The molecular weight excluding hydrogens is 378 g/mol. The number of para-hydroxylation sites is 2. The fourth-order valence-electron chi connectivity index (χ4n) is 3.17. The van der Waals surface area contributed by atoms with Gasteiger partial charge in [0.25, 0.3) is 0 Å². The molecule has 1 aliphatic heterocycles. The summed E-state index contributed by atoms with van der Waals surface area (Å²) in [6, 6.07) is 15.2. The lowest BCUT2D eigenvalue weighted by molar-refractivity contribution is 0.137. The van der Waals surface area contributed by atoms with Crippen LogP contribution in [0.25, 0.3) is 0 Å². The third-order valence-electron chi connectivity index (χ3n) is 4.61. The molecule has 3 rings (SSSR count). The summed E-state index contributed by atoms with van der Waals surface area (Å²) < 4.78 is 10.8. The molecule has 0 aliphatic carbocycles. The topological polar surface area (TPSA) is 54.0 Å². The molecule has 0 saturated carbocycles. The molecule has 0 bridgehead atoms. The van der Waals surface area contributed by atoms with Gasteiger partial charge >= 0.3 is 6.09 Å². The second-order valence-electron chi connectivity index (χ2n) is 6.50. The molecule has 0 radical (unpaired) electrons. The number of hydrogen-bond donors (Lipinski definition) is 1. The molecule has 1 saturated heterocycles. The lowest BCUT2D eigenvalue weighted by atomic mass is 10.2. The van der Waals surface area contributed by atoms with E-state index in [1.54, 1.807) is 6.07 Å². The first-order valence-corrected chi connectivity index (χ1v) is 9.92. The minimum atomic E-state index is -0.468. The molecule has 1 N–H and O–H groups in total. The van der Waals surface area contributed by atoms with E-state index in [-0.39, 0.29) is 0 Å². The second kappa shape index (κ2) is 10.2. The van der Waals surface area contributed by atoms with Crippen molar-refractivity contribution in [1.29, 1.82) is 0 Å². The molecule has 0 unspecified atom stereocenters. The first kappa shape index (κ1) is 20.3. The van der Waals surface area contributed by atoms with Crippen LogP contribution in [0.4, 0.5) is 16.2 Å². The van der Waals surface area contributed by atoms with Gasteiger partial charge in [-0.1, -0.05) is 29.8 Å². The number of carbonyl (C=O) groups excluding carboxylic acids is 1. The van der Waals surface area contributed by atoms with E-state index in [0.717, 1.165) is 36.9 Å². The molecule has 2 aromatic rings. The predicted molar refractivity (Wildman–Crippen MR) is 113 cm³/mol. The number of benzene rings is 2. The molecule has 28 heavy (non-hydrogen) atoms. The van der Waals surface area contributed by atoms with Crippen molar-refractivity contribution in [2.45, 2.75) is 6.92 Å². The first-order chi connectivity index (χ1) is 13.7. The summed E-state index contributed by atoms with van der Waals surface area (Å²) in [5, 5.41) is 3.50. The van der Waals surface area contributed by atoms with Crippen molar-refractivity contribution in [3.63, 3.8) is 0 Å². The largest absolute Gasteiger partial charge is 0.492 e.